The number of fused-ring (bicyclic) bond motifs is 8. The molecule has 60 heavy (non-hydrogen) atoms. The summed E-state index contributed by atoms with van der Waals surface area (Å²) in [7, 11) is 0. The fraction of sp³-hybridized carbons (Fsp3) is 0.0847. The molecule has 0 N–H and O–H groups in total. The SMILES string of the molecule is CC1(C)c2ccccc2-c2ccc(N(c3ccccc3)c3ccc(C4(c5ccccc5)c5ccccc5C5(c6ccccc6)c6ccccc6-c6cccc4c65)cc3)cc21. The molecule has 0 saturated carbocycles. The lowest BCUT2D eigenvalue weighted by Crippen LogP contribution is -2.44. The summed E-state index contributed by atoms with van der Waals surface area (Å²) in [5, 5.41) is 0. The highest BCUT2D eigenvalue weighted by molar-refractivity contribution is 5.92. The first-order valence-corrected chi connectivity index (χ1v) is 21.2. The first-order valence-electron chi connectivity index (χ1n) is 21.2. The highest BCUT2D eigenvalue weighted by atomic mass is 15.1. The minimum atomic E-state index is -0.594. The predicted molar refractivity (Wildman–Crippen MR) is 248 cm³/mol. The molecule has 3 aliphatic carbocycles. The maximum atomic E-state index is 2.42. The van der Waals surface area contributed by atoms with Gasteiger partial charge in [0.05, 0.1) is 10.8 Å². The van der Waals surface area contributed by atoms with E-state index >= 15 is 0 Å². The molecule has 12 rings (SSSR count). The second kappa shape index (κ2) is 12.9. The van der Waals surface area contributed by atoms with Crippen LogP contribution >= 0.6 is 0 Å². The van der Waals surface area contributed by atoms with Crippen molar-refractivity contribution in [3.8, 4) is 22.3 Å². The molecule has 0 aliphatic heterocycles. The Morgan fingerprint density at radius 2 is 0.717 bits per heavy atom. The van der Waals surface area contributed by atoms with Crippen molar-refractivity contribution in [2.45, 2.75) is 30.1 Å². The molecular formula is C59H43N. The van der Waals surface area contributed by atoms with Gasteiger partial charge in [-0.25, -0.2) is 0 Å². The van der Waals surface area contributed by atoms with E-state index in [-0.39, 0.29) is 5.41 Å². The molecule has 0 heterocycles. The average molecular weight is 766 g/mol. The number of hydrogen-bond donors (Lipinski definition) is 0. The van der Waals surface area contributed by atoms with Gasteiger partial charge in [0.15, 0.2) is 0 Å². The van der Waals surface area contributed by atoms with E-state index in [0.29, 0.717) is 0 Å². The fourth-order valence-electron chi connectivity index (χ4n) is 11.6. The van der Waals surface area contributed by atoms with E-state index in [1.807, 2.05) is 0 Å². The molecule has 3 aliphatic rings. The molecule has 0 spiro atoms. The van der Waals surface area contributed by atoms with Crippen LogP contribution in [0.1, 0.15) is 69.5 Å². The molecule has 0 saturated heterocycles. The Morgan fingerprint density at radius 3 is 1.38 bits per heavy atom. The number of benzene rings is 9. The third-order valence-electron chi connectivity index (χ3n) is 14.0. The van der Waals surface area contributed by atoms with Crippen LogP contribution in [-0.2, 0) is 16.2 Å². The topological polar surface area (TPSA) is 3.24 Å². The quantitative estimate of drug-likeness (QED) is 0.163. The van der Waals surface area contributed by atoms with Gasteiger partial charge in [-0.05, 0) is 114 Å². The van der Waals surface area contributed by atoms with Gasteiger partial charge in [0.1, 0.15) is 0 Å². The minimum absolute atomic E-state index is 0.102. The molecule has 1 heteroatoms. The zero-order valence-electron chi connectivity index (χ0n) is 33.8. The van der Waals surface area contributed by atoms with E-state index in [2.05, 4.69) is 243 Å². The molecule has 2 atom stereocenters. The van der Waals surface area contributed by atoms with Crippen molar-refractivity contribution in [2.24, 2.45) is 0 Å². The Hall–Kier alpha value is -7.22. The zero-order valence-corrected chi connectivity index (χ0v) is 33.8. The van der Waals surface area contributed by atoms with Crippen LogP contribution in [0.3, 0.4) is 0 Å². The molecule has 0 aromatic heterocycles. The maximum Gasteiger partial charge on any atom is 0.0720 e. The molecule has 0 amide bonds. The van der Waals surface area contributed by atoms with Crippen molar-refractivity contribution in [2.75, 3.05) is 4.90 Å². The largest absolute Gasteiger partial charge is 0.310 e. The molecule has 284 valence electrons. The van der Waals surface area contributed by atoms with Gasteiger partial charge in [-0.2, -0.15) is 0 Å². The highest BCUT2D eigenvalue weighted by Crippen LogP contribution is 2.65. The number of hydrogen-bond acceptors (Lipinski definition) is 1. The number of rotatable bonds is 6. The van der Waals surface area contributed by atoms with E-state index in [1.165, 1.54) is 77.9 Å². The molecule has 0 bridgehead atoms. The first-order chi connectivity index (χ1) is 29.5. The van der Waals surface area contributed by atoms with Crippen molar-refractivity contribution in [1.29, 1.82) is 0 Å². The zero-order chi connectivity index (χ0) is 40.1. The predicted octanol–water partition coefficient (Wildman–Crippen LogP) is 14.5. The van der Waals surface area contributed by atoms with Crippen LogP contribution in [-0.4, -0.2) is 0 Å². The van der Waals surface area contributed by atoms with E-state index in [0.717, 1.165) is 17.1 Å². The number of nitrogens with zero attached hydrogens (tertiary/aromatic N) is 1. The average Bonchev–Trinajstić information content (AvgIpc) is 3.75. The van der Waals surface area contributed by atoms with Gasteiger partial charge in [-0.3, -0.25) is 0 Å². The molecule has 9 aromatic rings. The highest BCUT2D eigenvalue weighted by Gasteiger charge is 2.57. The van der Waals surface area contributed by atoms with Gasteiger partial charge in [0.2, 0.25) is 0 Å². The Morgan fingerprint density at radius 1 is 0.283 bits per heavy atom. The van der Waals surface area contributed by atoms with Crippen LogP contribution < -0.4 is 4.90 Å². The molecule has 9 aromatic carbocycles. The van der Waals surface area contributed by atoms with Crippen molar-refractivity contribution >= 4 is 17.1 Å². The van der Waals surface area contributed by atoms with E-state index in [9.17, 15) is 0 Å². The third-order valence-corrected chi connectivity index (χ3v) is 14.0. The summed E-state index contributed by atoms with van der Waals surface area (Å²) in [5.74, 6) is 0. The maximum absolute atomic E-state index is 2.42. The van der Waals surface area contributed by atoms with Crippen LogP contribution in [0, 0.1) is 0 Å². The summed E-state index contributed by atoms with van der Waals surface area (Å²) in [6.07, 6.45) is 0. The standard InChI is InChI=1S/C59H43N/c1-57(2)50-28-14-12-25-46(50)48-38-37-45(39-55(48)57)60(43-23-10-5-11-24-43)44-35-33-42(34-36-44)58(40-19-6-3-7-20-40)52-30-16-17-31-53(52)59(41-21-8-4-9-22-41)51-29-15-13-26-47(51)49-27-18-32-54(58)56(49)59/h3-39H,1-2H3. The summed E-state index contributed by atoms with van der Waals surface area (Å²) in [4.78, 5) is 2.42. The number of para-hydroxylation sites is 1. The van der Waals surface area contributed by atoms with Crippen molar-refractivity contribution in [1.82, 2.24) is 0 Å². The van der Waals surface area contributed by atoms with E-state index in [4.69, 9.17) is 0 Å². The fourth-order valence-corrected chi connectivity index (χ4v) is 11.6. The van der Waals surface area contributed by atoms with Crippen LogP contribution in [0.4, 0.5) is 17.1 Å². The lowest BCUT2D eigenvalue weighted by Gasteiger charge is -2.49. The summed E-state index contributed by atoms with van der Waals surface area (Å²) in [6.45, 7) is 4.72. The molecular weight excluding hydrogens is 723 g/mol. The Kier molecular flexibility index (Phi) is 7.47. The van der Waals surface area contributed by atoms with Crippen molar-refractivity contribution in [3.05, 3.63) is 280 Å². The monoisotopic (exact) mass is 765 g/mol. The molecule has 2 unspecified atom stereocenters. The van der Waals surface area contributed by atoms with Crippen LogP contribution in [0.2, 0.25) is 0 Å². The van der Waals surface area contributed by atoms with Crippen molar-refractivity contribution in [3.63, 3.8) is 0 Å². The van der Waals surface area contributed by atoms with Gasteiger partial charge >= 0.3 is 0 Å². The minimum Gasteiger partial charge on any atom is -0.310 e. The Balaban J connectivity index is 1.10. The Bertz CT molecular complexity index is 3110. The summed E-state index contributed by atoms with van der Waals surface area (Å²) in [5.41, 5.74) is 20.8. The molecule has 1 nitrogen and oxygen atoms in total. The van der Waals surface area contributed by atoms with Crippen LogP contribution in [0.5, 0.6) is 0 Å². The second-order valence-corrected chi connectivity index (χ2v) is 17.2. The molecule has 0 fully saturated rings. The normalized spacial score (nSPS) is 18.4. The third kappa shape index (κ3) is 4.52. The van der Waals surface area contributed by atoms with Gasteiger partial charge in [0.25, 0.3) is 0 Å². The summed E-state index contributed by atoms with van der Waals surface area (Å²) >= 11 is 0. The summed E-state index contributed by atoms with van der Waals surface area (Å²) < 4.78 is 0. The van der Waals surface area contributed by atoms with E-state index < -0.39 is 10.8 Å². The molecule has 0 radical (unpaired) electrons. The van der Waals surface area contributed by atoms with E-state index in [1.54, 1.807) is 0 Å². The second-order valence-electron chi connectivity index (χ2n) is 17.2. The number of anilines is 3. The van der Waals surface area contributed by atoms with Gasteiger partial charge in [-0.15, -0.1) is 0 Å². The lowest BCUT2D eigenvalue weighted by molar-refractivity contribution is 0.626. The van der Waals surface area contributed by atoms with Gasteiger partial charge in [0, 0.05) is 22.5 Å². The van der Waals surface area contributed by atoms with Crippen molar-refractivity contribution < 1.29 is 0 Å². The van der Waals surface area contributed by atoms with Crippen LogP contribution in [0.25, 0.3) is 22.3 Å². The van der Waals surface area contributed by atoms with Gasteiger partial charge < -0.3 is 4.90 Å². The van der Waals surface area contributed by atoms with Crippen LogP contribution in [0.15, 0.2) is 224 Å². The lowest BCUT2D eigenvalue weighted by atomic mass is 9.52. The first kappa shape index (κ1) is 34.8. The smallest absolute Gasteiger partial charge is 0.0720 e. The Labute approximate surface area is 352 Å². The van der Waals surface area contributed by atoms with Gasteiger partial charge in [-0.1, -0.05) is 202 Å². The summed E-state index contributed by atoms with van der Waals surface area (Å²) in [6, 6.07) is 84.1.